The van der Waals surface area contributed by atoms with Crippen molar-refractivity contribution in [3.8, 4) is 5.75 Å². The van der Waals surface area contributed by atoms with Gasteiger partial charge in [-0.15, -0.1) is 0 Å². The van der Waals surface area contributed by atoms with Gasteiger partial charge in [-0.05, 0) is 56.5 Å². The molecule has 0 radical (unpaired) electrons. The van der Waals surface area contributed by atoms with Crippen molar-refractivity contribution < 1.29 is 14.9 Å². The first kappa shape index (κ1) is 18.5. The molecule has 1 aromatic carbocycles. The lowest BCUT2D eigenvalue weighted by Crippen LogP contribution is -2.49. The van der Waals surface area contributed by atoms with E-state index in [-0.39, 0.29) is 0 Å². The van der Waals surface area contributed by atoms with Crippen molar-refractivity contribution in [1.82, 2.24) is 9.80 Å². The van der Waals surface area contributed by atoms with Crippen molar-refractivity contribution in [1.29, 1.82) is 0 Å². The van der Waals surface area contributed by atoms with Crippen LogP contribution >= 0.6 is 0 Å². The molecular formula is C19H31N3O3. The van der Waals surface area contributed by atoms with E-state index in [1.54, 1.807) is 7.11 Å². The Hall–Kier alpha value is -1.34. The number of hydrogen-bond donors (Lipinski definition) is 2. The minimum Gasteiger partial charge on any atom is -0.497 e. The number of nitrogens with zero attached hydrogens (tertiary/aromatic N) is 3. The minimum atomic E-state index is -0.476. The van der Waals surface area contributed by atoms with Crippen molar-refractivity contribution in [2.75, 3.05) is 51.3 Å². The summed E-state index contributed by atoms with van der Waals surface area (Å²) >= 11 is 0. The first-order chi connectivity index (χ1) is 12.2. The van der Waals surface area contributed by atoms with Gasteiger partial charge in [-0.1, -0.05) is 0 Å². The van der Waals surface area contributed by atoms with E-state index in [9.17, 15) is 10.2 Å². The van der Waals surface area contributed by atoms with Gasteiger partial charge in [-0.2, -0.15) is 0 Å². The van der Waals surface area contributed by atoms with Crippen molar-refractivity contribution in [2.45, 2.75) is 38.1 Å². The van der Waals surface area contributed by atoms with E-state index in [1.807, 2.05) is 17.0 Å². The Balaban J connectivity index is 1.39. The zero-order chi connectivity index (χ0) is 17.6. The highest BCUT2D eigenvalue weighted by atomic mass is 16.5. The monoisotopic (exact) mass is 349 g/mol. The van der Waals surface area contributed by atoms with Crippen molar-refractivity contribution >= 4 is 5.69 Å². The number of ether oxygens (including phenoxy) is 1. The molecule has 2 atom stereocenters. The Bertz CT molecular complexity index is 507. The lowest BCUT2D eigenvalue weighted by atomic mass is 10.1. The lowest BCUT2D eigenvalue weighted by molar-refractivity contribution is -0.131. The maximum atomic E-state index is 10.0. The summed E-state index contributed by atoms with van der Waals surface area (Å²) in [7, 11) is 1.69. The van der Waals surface area contributed by atoms with Crippen LogP contribution in [0.25, 0.3) is 0 Å². The number of piperazine rings is 1. The van der Waals surface area contributed by atoms with Gasteiger partial charge in [0.25, 0.3) is 0 Å². The fraction of sp³-hybridized carbons (Fsp3) is 0.684. The second-order valence-electron chi connectivity index (χ2n) is 7.01. The highest BCUT2D eigenvalue weighted by molar-refractivity contribution is 5.49. The Morgan fingerprint density at radius 2 is 1.60 bits per heavy atom. The number of hydrogen-bond acceptors (Lipinski definition) is 6. The third-order valence-electron chi connectivity index (χ3n) is 5.39. The fourth-order valence-electron chi connectivity index (χ4n) is 3.81. The zero-order valence-electron chi connectivity index (χ0n) is 15.2. The van der Waals surface area contributed by atoms with Crippen LogP contribution < -0.4 is 9.64 Å². The molecule has 0 amide bonds. The predicted octanol–water partition coefficient (Wildman–Crippen LogP) is 1.33. The standard InChI is InChI=1S/C19H31N3O3/c1-25-17-8-6-16(7-9-17)21-14-12-20(13-15-21)10-3-11-22-18(23)4-2-5-19(22)24/h6-9,18-19,23-24H,2-5,10-15H2,1H3. The van der Waals surface area contributed by atoms with Crippen LogP contribution in [0.2, 0.25) is 0 Å². The van der Waals surface area contributed by atoms with Crippen LogP contribution in [0.5, 0.6) is 5.75 Å². The predicted molar refractivity (Wildman–Crippen MR) is 98.8 cm³/mol. The Kier molecular flexibility index (Phi) is 6.53. The van der Waals surface area contributed by atoms with Crippen LogP contribution in [0.15, 0.2) is 24.3 Å². The number of likely N-dealkylation sites (tertiary alicyclic amines) is 1. The second kappa shape index (κ2) is 8.85. The number of methoxy groups -OCH3 is 1. The van der Waals surface area contributed by atoms with Gasteiger partial charge in [-0.25, -0.2) is 0 Å². The molecule has 6 heteroatoms. The molecule has 25 heavy (non-hydrogen) atoms. The van der Waals surface area contributed by atoms with Gasteiger partial charge in [0.2, 0.25) is 0 Å². The van der Waals surface area contributed by atoms with Crippen molar-refractivity contribution in [2.24, 2.45) is 0 Å². The fourth-order valence-corrected chi connectivity index (χ4v) is 3.81. The molecule has 0 aliphatic carbocycles. The van der Waals surface area contributed by atoms with Crippen molar-refractivity contribution in [3.05, 3.63) is 24.3 Å². The SMILES string of the molecule is COc1ccc(N2CCN(CCCN3C(O)CCCC3O)CC2)cc1. The Morgan fingerprint density at radius 1 is 0.960 bits per heavy atom. The van der Waals surface area contributed by atoms with Crippen LogP contribution in [0.1, 0.15) is 25.7 Å². The molecule has 0 aromatic heterocycles. The number of rotatable bonds is 6. The van der Waals surface area contributed by atoms with Gasteiger partial charge in [0.1, 0.15) is 18.2 Å². The van der Waals surface area contributed by atoms with Gasteiger partial charge < -0.3 is 19.8 Å². The van der Waals surface area contributed by atoms with E-state index in [4.69, 9.17) is 4.74 Å². The molecule has 2 N–H and O–H groups in total. The van der Waals surface area contributed by atoms with E-state index < -0.39 is 12.5 Å². The summed E-state index contributed by atoms with van der Waals surface area (Å²) in [4.78, 5) is 6.73. The molecule has 2 heterocycles. The smallest absolute Gasteiger partial charge is 0.119 e. The number of aliphatic hydroxyl groups excluding tert-OH is 2. The average Bonchev–Trinajstić information content (AvgIpc) is 2.65. The molecule has 140 valence electrons. The summed E-state index contributed by atoms with van der Waals surface area (Å²) in [5, 5.41) is 20.0. The summed E-state index contributed by atoms with van der Waals surface area (Å²) in [5.74, 6) is 0.893. The summed E-state index contributed by atoms with van der Waals surface area (Å²) in [6, 6.07) is 8.26. The molecule has 2 saturated heterocycles. The van der Waals surface area contributed by atoms with E-state index in [1.165, 1.54) is 5.69 Å². The second-order valence-corrected chi connectivity index (χ2v) is 7.01. The van der Waals surface area contributed by atoms with Crippen LogP contribution in [0.4, 0.5) is 5.69 Å². The third kappa shape index (κ3) is 4.85. The van der Waals surface area contributed by atoms with Gasteiger partial charge in [-0.3, -0.25) is 9.80 Å². The molecule has 2 fully saturated rings. The van der Waals surface area contributed by atoms with E-state index in [0.29, 0.717) is 0 Å². The number of benzene rings is 1. The van der Waals surface area contributed by atoms with E-state index >= 15 is 0 Å². The quantitative estimate of drug-likeness (QED) is 0.808. The molecule has 2 unspecified atom stereocenters. The number of anilines is 1. The molecule has 0 spiro atoms. The Morgan fingerprint density at radius 3 is 2.20 bits per heavy atom. The zero-order valence-corrected chi connectivity index (χ0v) is 15.2. The van der Waals surface area contributed by atoms with E-state index in [2.05, 4.69) is 21.9 Å². The molecule has 6 nitrogen and oxygen atoms in total. The highest BCUT2D eigenvalue weighted by Crippen LogP contribution is 2.21. The normalized spacial score (nSPS) is 26.0. The Labute approximate surface area is 150 Å². The largest absolute Gasteiger partial charge is 0.497 e. The first-order valence-corrected chi connectivity index (χ1v) is 9.40. The van der Waals surface area contributed by atoms with Gasteiger partial charge in [0, 0.05) is 38.4 Å². The lowest BCUT2D eigenvalue weighted by Gasteiger charge is -2.38. The third-order valence-corrected chi connectivity index (χ3v) is 5.39. The topological polar surface area (TPSA) is 59.4 Å². The van der Waals surface area contributed by atoms with Crippen LogP contribution in [-0.4, -0.2) is 78.8 Å². The minimum absolute atomic E-state index is 0.476. The summed E-state index contributed by atoms with van der Waals surface area (Å²) < 4.78 is 5.22. The van der Waals surface area contributed by atoms with Crippen LogP contribution in [0, 0.1) is 0 Å². The number of piperidine rings is 1. The molecule has 1 aromatic rings. The maximum Gasteiger partial charge on any atom is 0.119 e. The first-order valence-electron chi connectivity index (χ1n) is 9.40. The molecule has 2 aliphatic rings. The maximum absolute atomic E-state index is 10.0. The average molecular weight is 349 g/mol. The molecule has 0 bridgehead atoms. The van der Waals surface area contributed by atoms with Crippen molar-refractivity contribution in [3.63, 3.8) is 0 Å². The van der Waals surface area contributed by atoms with E-state index in [0.717, 1.165) is 70.7 Å². The van der Waals surface area contributed by atoms with Gasteiger partial charge in [0.15, 0.2) is 0 Å². The summed E-state index contributed by atoms with van der Waals surface area (Å²) in [6.45, 7) is 5.95. The summed E-state index contributed by atoms with van der Waals surface area (Å²) in [6.07, 6.45) is 2.49. The summed E-state index contributed by atoms with van der Waals surface area (Å²) in [5.41, 5.74) is 1.25. The molecule has 3 rings (SSSR count). The van der Waals surface area contributed by atoms with Gasteiger partial charge in [0.05, 0.1) is 7.11 Å². The number of aliphatic hydroxyl groups is 2. The van der Waals surface area contributed by atoms with Crippen LogP contribution in [0.3, 0.4) is 0 Å². The molecule has 2 aliphatic heterocycles. The van der Waals surface area contributed by atoms with Crippen LogP contribution in [-0.2, 0) is 0 Å². The highest BCUT2D eigenvalue weighted by Gasteiger charge is 2.27. The molecular weight excluding hydrogens is 318 g/mol. The molecule has 0 saturated carbocycles. The van der Waals surface area contributed by atoms with Gasteiger partial charge >= 0.3 is 0 Å².